The van der Waals surface area contributed by atoms with E-state index in [4.69, 9.17) is 16.7 Å². The SMILES string of the molecule is O=C(O)c1ccc(NC(=O)c2cc(Br)ccc2F)c(Cl)c1. The number of aromatic carboxylic acids is 1. The Hall–Kier alpha value is -1.92. The van der Waals surface area contributed by atoms with Crippen molar-refractivity contribution in [2.75, 3.05) is 5.32 Å². The normalized spacial score (nSPS) is 10.2. The standard InChI is InChI=1S/C14H8BrClFNO3/c15-8-2-3-11(17)9(6-8)13(19)18-12-4-1-7(14(20)21)5-10(12)16/h1-6H,(H,18,19)(H,20,21). The van der Waals surface area contributed by atoms with E-state index in [-0.39, 0.29) is 21.8 Å². The van der Waals surface area contributed by atoms with E-state index in [1.54, 1.807) is 0 Å². The molecule has 108 valence electrons. The number of carbonyl (C=O) groups is 2. The molecule has 0 heterocycles. The van der Waals surface area contributed by atoms with E-state index in [1.165, 1.54) is 30.3 Å². The van der Waals surface area contributed by atoms with Crippen molar-refractivity contribution in [3.8, 4) is 0 Å². The number of carboxylic acid groups (broad SMARTS) is 1. The Morgan fingerprint density at radius 3 is 2.52 bits per heavy atom. The molecule has 0 aromatic heterocycles. The second kappa shape index (κ2) is 6.24. The third-order valence-corrected chi connectivity index (χ3v) is 3.44. The third-order valence-electron chi connectivity index (χ3n) is 2.64. The molecule has 2 aromatic carbocycles. The summed E-state index contributed by atoms with van der Waals surface area (Å²) in [6.07, 6.45) is 0. The van der Waals surface area contributed by atoms with Gasteiger partial charge in [0, 0.05) is 4.47 Å². The minimum absolute atomic E-state index is 0.00775. The zero-order valence-electron chi connectivity index (χ0n) is 10.4. The molecular weight excluding hydrogens is 365 g/mol. The molecule has 0 aliphatic carbocycles. The monoisotopic (exact) mass is 371 g/mol. The smallest absolute Gasteiger partial charge is 0.335 e. The van der Waals surface area contributed by atoms with E-state index in [0.29, 0.717) is 4.47 Å². The molecule has 7 heteroatoms. The second-order valence-corrected chi connectivity index (χ2v) is 5.40. The second-order valence-electron chi connectivity index (χ2n) is 4.08. The van der Waals surface area contributed by atoms with Gasteiger partial charge in [-0.3, -0.25) is 4.79 Å². The molecule has 0 bridgehead atoms. The van der Waals surface area contributed by atoms with Gasteiger partial charge in [-0.25, -0.2) is 9.18 Å². The Bertz CT molecular complexity index is 736. The molecule has 2 rings (SSSR count). The lowest BCUT2D eigenvalue weighted by Crippen LogP contribution is -2.14. The number of hydrogen-bond acceptors (Lipinski definition) is 2. The predicted molar refractivity (Wildman–Crippen MR) is 80.5 cm³/mol. The lowest BCUT2D eigenvalue weighted by molar-refractivity contribution is 0.0696. The summed E-state index contributed by atoms with van der Waals surface area (Å²) in [7, 11) is 0. The van der Waals surface area contributed by atoms with E-state index in [0.717, 1.165) is 6.07 Å². The van der Waals surface area contributed by atoms with Gasteiger partial charge in [0.1, 0.15) is 5.82 Å². The highest BCUT2D eigenvalue weighted by atomic mass is 79.9. The molecule has 21 heavy (non-hydrogen) atoms. The molecule has 0 atom stereocenters. The summed E-state index contributed by atoms with van der Waals surface area (Å²) in [6, 6.07) is 7.82. The molecule has 0 unspecified atom stereocenters. The maximum absolute atomic E-state index is 13.6. The van der Waals surface area contributed by atoms with Crippen LogP contribution in [0.25, 0.3) is 0 Å². The molecule has 1 amide bonds. The number of halogens is 3. The highest BCUT2D eigenvalue weighted by Crippen LogP contribution is 2.24. The molecule has 0 fully saturated rings. The summed E-state index contributed by atoms with van der Waals surface area (Å²) in [5, 5.41) is 11.3. The number of anilines is 1. The molecule has 0 saturated carbocycles. The Kier molecular flexibility index (Phi) is 4.59. The average Bonchev–Trinajstić information content (AvgIpc) is 2.43. The van der Waals surface area contributed by atoms with Crippen molar-refractivity contribution in [1.29, 1.82) is 0 Å². The van der Waals surface area contributed by atoms with Crippen molar-refractivity contribution < 1.29 is 19.1 Å². The van der Waals surface area contributed by atoms with Gasteiger partial charge in [-0.2, -0.15) is 0 Å². The van der Waals surface area contributed by atoms with Crippen LogP contribution < -0.4 is 5.32 Å². The van der Waals surface area contributed by atoms with Crippen LogP contribution >= 0.6 is 27.5 Å². The van der Waals surface area contributed by atoms with Gasteiger partial charge in [0.05, 0.1) is 21.8 Å². The van der Waals surface area contributed by atoms with E-state index in [9.17, 15) is 14.0 Å². The van der Waals surface area contributed by atoms with Gasteiger partial charge in [0.25, 0.3) is 5.91 Å². The zero-order chi connectivity index (χ0) is 15.6. The summed E-state index contributed by atoms with van der Waals surface area (Å²) < 4.78 is 14.2. The lowest BCUT2D eigenvalue weighted by Gasteiger charge is -2.09. The molecule has 0 aliphatic rings. The number of benzene rings is 2. The van der Waals surface area contributed by atoms with Crippen molar-refractivity contribution >= 4 is 45.1 Å². The molecular formula is C14H8BrClFNO3. The van der Waals surface area contributed by atoms with Crippen LogP contribution in [0.1, 0.15) is 20.7 Å². The summed E-state index contributed by atoms with van der Waals surface area (Å²) in [5.74, 6) is -2.49. The van der Waals surface area contributed by atoms with Crippen LogP contribution in [-0.2, 0) is 0 Å². The Morgan fingerprint density at radius 1 is 1.19 bits per heavy atom. The van der Waals surface area contributed by atoms with Gasteiger partial charge in [-0.1, -0.05) is 27.5 Å². The molecule has 0 spiro atoms. The van der Waals surface area contributed by atoms with Crippen molar-refractivity contribution in [3.05, 3.63) is 62.8 Å². The minimum Gasteiger partial charge on any atom is -0.478 e. The maximum atomic E-state index is 13.6. The third kappa shape index (κ3) is 3.59. The molecule has 0 radical (unpaired) electrons. The van der Waals surface area contributed by atoms with Crippen LogP contribution in [0.15, 0.2) is 40.9 Å². The molecule has 0 aliphatic heterocycles. The predicted octanol–water partition coefficient (Wildman–Crippen LogP) is 4.19. The van der Waals surface area contributed by atoms with Crippen LogP contribution in [0.4, 0.5) is 10.1 Å². The topological polar surface area (TPSA) is 66.4 Å². The minimum atomic E-state index is -1.13. The van der Waals surface area contributed by atoms with E-state index >= 15 is 0 Å². The van der Waals surface area contributed by atoms with E-state index in [2.05, 4.69) is 21.2 Å². The molecule has 2 aromatic rings. The van der Waals surface area contributed by atoms with Gasteiger partial charge in [-0.15, -0.1) is 0 Å². The lowest BCUT2D eigenvalue weighted by atomic mass is 10.1. The highest BCUT2D eigenvalue weighted by molar-refractivity contribution is 9.10. The first kappa shape index (κ1) is 15.5. The number of amides is 1. The maximum Gasteiger partial charge on any atom is 0.335 e. The number of carbonyl (C=O) groups excluding carboxylic acids is 1. The van der Waals surface area contributed by atoms with Crippen molar-refractivity contribution in [2.45, 2.75) is 0 Å². The average molecular weight is 373 g/mol. The first-order chi connectivity index (χ1) is 9.88. The fraction of sp³-hybridized carbons (Fsp3) is 0. The van der Waals surface area contributed by atoms with E-state index < -0.39 is 17.7 Å². The van der Waals surface area contributed by atoms with Crippen LogP contribution in [-0.4, -0.2) is 17.0 Å². The van der Waals surface area contributed by atoms with Crippen molar-refractivity contribution in [3.63, 3.8) is 0 Å². The number of carboxylic acids is 1. The van der Waals surface area contributed by atoms with E-state index in [1.807, 2.05) is 0 Å². The summed E-state index contributed by atoms with van der Waals surface area (Å²) in [6.45, 7) is 0. The van der Waals surface area contributed by atoms with Crippen molar-refractivity contribution in [2.24, 2.45) is 0 Å². The number of rotatable bonds is 3. The van der Waals surface area contributed by atoms with Gasteiger partial charge in [-0.05, 0) is 36.4 Å². The van der Waals surface area contributed by atoms with Gasteiger partial charge >= 0.3 is 5.97 Å². The summed E-state index contributed by atoms with van der Waals surface area (Å²) >= 11 is 9.05. The van der Waals surface area contributed by atoms with Gasteiger partial charge in [0.2, 0.25) is 0 Å². The van der Waals surface area contributed by atoms with Gasteiger partial charge in [0.15, 0.2) is 0 Å². The fourth-order valence-corrected chi connectivity index (χ4v) is 2.20. The fourth-order valence-electron chi connectivity index (χ4n) is 1.61. The number of nitrogens with one attached hydrogen (secondary N) is 1. The zero-order valence-corrected chi connectivity index (χ0v) is 12.7. The molecule has 2 N–H and O–H groups in total. The first-order valence-electron chi connectivity index (χ1n) is 5.67. The van der Waals surface area contributed by atoms with Gasteiger partial charge < -0.3 is 10.4 Å². The Morgan fingerprint density at radius 2 is 1.90 bits per heavy atom. The Balaban J connectivity index is 2.27. The number of hydrogen-bond donors (Lipinski definition) is 2. The van der Waals surface area contributed by atoms with Crippen LogP contribution in [0.2, 0.25) is 5.02 Å². The molecule has 4 nitrogen and oxygen atoms in total. The largest absolute Gasteiger partial charge is 0.478 e. The van der Waals surface area contributed by atoms with Crippen LogP contribution in [0.3, 0.4) is 0 Å². The highest BCUT2D eigenvalue weighted by Gasteiger charge is 2.14. The summed E-state index contributed by atoms with van der Waals surface area (Å²) in [4.78, 5) is 22.8. The summed E-state index contributed by atoms with van der Waals surface area (Å²) in [5.41, 5.74) is 0.0421. The quantitative estimate of drug-likeness (QED) is 0.849. The van der Waals surface area contributed by atoms with Crippen LogP contribution in [0, 0.1) is 5.82 Å². The van der Waals surface area contributed by atoms with Crippen molar-refractivity contribution in [1.82, 2.24) is 0 Å². The first-order valence-corrected chi connectivity index (χ1v) is 6.85. The van der Waals surface area contributed by atoms with Crippen LogP contribution in [0.5, 0.6) is 0 Å². The molecule has 0 saturated heterocycles. The Labute approximate surface area is 132 Å².